The summed E-state index contributed by atoms with van der Waals surface area (Å²) in [5.74, 6) is 0.523. The smallest absolute Gasteiger partial charge is 0.268 e. The summed E-state index contributed by atoms with van der Waals surface area (Å²) in [6.07, 6.45) is 7.16. The number of rotatable bonds is 5. The van der Waals surface area contributed by atoms with Crippen LogP contribution in [-0.2, 0) is 13.6 Å². The molecular formula is C22H19N5O. The lowest BCUT2D eigenvalue weighted by atomic mass is 10.1. The van der Waals surface area contributed by atoms with Gasteiger partial charge in [0.05, 0.1) is 12.2 Å². The number of carbonyl (C=O) groups excluding carboxylic acids is 1. The van der Waals surface area contributed by atoms with Crippen LogP contribution in [0.2, 0.25) is 0 Å². The molecule has 0 saturated heterocycles. The van der Waals surface area contributed by atoms with Crippen molar-refractivity contribution in [1.82, 2.24) is 24.8 Å². The van der Waals surface area contributed by atoms with Gasteiger partial charge in [-0.3, -0.25) is 9.78 Å². The molecule has 0 unspecified atom stereocenters. The van der Waals surface area contributed by atoms with Gasteiger partial charge in [-0.15, -0.1) is 0 Å². The summed E-state index contributed by atoms with van der Waals surface area (Å²) in [6.45, 7) is 0.384. The van der Waals surface area contributed by atoms with Crippen LogP contribution in [0.15, 0.2) is 79.4 Å². The van der Waals surface area contributed by atoms with Crippen molar-refractivity contribution in [2.75, 3.05) is 0 Å². The fraction of sp³-hybridized carbons (Fsp3) is 0.0909. The highest BCUT2D eigenvalue weighted by molar-refractivity contribution is 5.94. The van der Waals surface area contributed by atoms with Crippen LogP contribution in [0.4, 0.5) is 0 Å². The molecule has 4 aromatic rings. The van der Waals surface area contributed by atoms with Gasteiger partial charge in [-0.25, -0.2) is 9.97 Å². The van der Waals surface area contributed by atoms with Gasteiger partial charge in [0.1, 0.15) is 5.69 Å². The van der Waals surface area contributed by atoms with Gasteiger partial charge in [0.2, 0.25) is 0 Å². The standard InChI is InChI=1S/C22H19N5O/c1-27-15-17(11-20(27)22(28)26-14-19-9-5-6-10-23-19)18-12-24-21(25-13-18)16-7-3-2-4-8-16/h2-13,15H,14H2,1H3,(H,26,28). The quantitative estimate of drug-likeness (QED) is 0.585. The molecule has 0 radical (unpaired) electrons. The third kappa shape index (κ3) is 3.81. The Balaban J connectivity index is 1.50. The van der Waals surface area contributed by atoms with Crippen molar-refractivity contribution in [1.29, 1.82) is 0 Å². The van der Waals surface area contributed by atoms with E-state index in [1.165, 1.54) is 0 Å². The van der Waals surface area contributed by atoms with Crippen LogP contribution < -0.4 is 5.32 Å². The zero-order chi connectivity index (χ0) is 19.3. The number of amides is 1. The van der Waals surface area contributed by atoms with Gasteiger partial charge in [0, 0.05) is 48.5 Å². The number of aryl methyl sites for hydroxylation is 1. The van der Waals surface area contributed by atoms with Gasteiger partial charge in [-0.1, -0.05) is 36.4 Å². The minimum Gasteiger partial charge on any atom is -0.346 e. The van der Waals surface area contributed by atoms with Gasteiger partial charge < -0.3 is 9.88 Å². The second kappa shape index (κ2) is 7.84. The van der Waals surface area contributed by atoms with E-state index in [-0.39, 0.29) is 5.91 Å². The van der Waals surface area contributed by atoms with Crippen molar-refractivity contribution in [3.05, 3.63) is 90.8 Å². The number of pyridine rings is 1. The number of nitrogens with zero attached hydrogens (tertiary/aromatic N) is 4. The molecule has 0 bridgehead atoms. The van der Waals surface area contributed by atoms with Crippen LogP contribution in [-0.4, -0.2) is 25.4 Å². The van der Waals surface area contributed by atoms with Gasteiger partial charge in [-0.2, -0.15) is 0 Å². The summed E-state index contributed by atoms with van der Waals surface area (Å²) < 4.78 is 1.80. The van der Waals surface area contributed by atoms with Crippen LogP contribution in [0.1, 0.15) is 16.2 Å². The number of carbonyl (C=O) groups is 1. The molecule has 0 aliphatic heterocycles. The lowest BCUT2D eigenvalue weighted by Gasteiger charge is -2.05. The summed E-state index contributed by atoms with van der Waals surface area (Å²) in [4.78, 5) is 25.7. The van der Waals surface area contributed by atoms with E-state index >= 15 is 0 Å². The molecule has 3 aromatic heterocycles. The Hall–Kier alpha value is -3.80. The van der Waals surface area contributed by atoms with Crippen LogP contribution in [0.5, 0.6) is 0 Å². The second-order valence-corrected chi connectivity index (χ2v) is 6.39. The highest BCUT2D eigenvalue weighted by Crippen LogP contribution is 2.22. The largest absolute Gasteiger partial charge is 0.346 e. The van der Waals surface area contributed by atoms with Gasteiger partial charge >= 0.3 is 0 Å². The lowest BCUT2D eigenvalue weighted by molar-refractivity contribution is 0.0942. The molecule has 1 amide bonds. The maximum Gasteiger partial charge on any atom is 0.268 e. The molecule has 0 spiro atoms. The molecule has 1 aromatic carbocycles. The molecular weight excluding hydrogens is 350 g/mol. The fourth-order valence-electron chi connectivity index (χ4n) is 2.93. The molecule has 138 valence electrons. The molecule has 3 heterocycles. The number of nitrogens with one attached hydrogen (secondary N) is 1. The highest BCUT2D eigenvalue weighted by Gasteiger charge is 2.13. The molecule has 0 aliphatic carbocycles. The number of benzene rings is 1. The Bertz CT molecular complexity index is 1070. The Morgan fingerprint density at radius 1 is 0.929 bits per heavy atom. The van der Waals surface area contributed by atoms with Gasteiger partial charge in [0.25, 0.3) is 5.91 Å². The minimum absolute atomic E-state index is 0.152. The molecule has 0 atom stereocenters. The van der Waals surface area contributed by atoms with Crippen molar-refractivity contribution >= 4 is 5.91 Å². The third-order valence-electron chi connectivity index (χ3n) is 4.41. The molecule has 6 nitrogen and oxygen atoms in total. The molecule has 4 rings (SSSR count). The van der Waals surface area contributed by atoms with E-state index in [0.717, 1.165) is 22.4 Å². The topological polar surface area (TPSA) is 72.7 Å². The van der Waals surface area contributed by atoms with Crippen LogP contribution in [0.25, 0.3) is 22.5 Å². The van der Waals surface area contributed by atoms with Gasteiger partial charge in [0.15, 0.2) is 5.82 Å². The van der Waals surface area contributed by atoms with Crippen molar-refractivity contribution < 1.29 is 4.79 Å². The Labute approximate surface area is 162 Å². The Kier molecular flexibility index (Phi) is 4.93. The zero-order valence-corrected chi connectivity index (χ0v) is 15.4. The summed E-state index contributed by atoms with van der Waals surface area (Å²) in [5.41, 5.74) is 4.11. The molecule has 0 aliphatic rings. The summed E-state index contributed by atoms with van der Waals surface area (Å²) in [5, 5.41) is 2.90. The number of hydrogen-bond acceptors (Lipinski definition) is 4. The van der Waals surface area contributed by atoms with Crippen molar-refractivity contribution in [3.63, 3.8) is 0 Å². The van der Waals surface area contributed by atoms with E-state index in [1.54, 1.807) is 23.2 Å². The van der Waals surface area contributed by atoms with E-state index in [4.69, 9.17) is 0 Å². The zero-order valence-electron chi connectivity index (χ0n) is 15.4. The maximum atomic E-state index is 12.5. The van der Waals surface area contributed by atoms with E-state index in [1.807, 2.05) is 67.8 Å². The van der Waals surface area contributed by atoms with E-state index in [9.17, 15) is 4.79 Å². The molecule has 6 heteroatoms. The third-order valence-corrected chi connectivity index (χ3v) is 4.41. The first kappa shape index (κ1) is 17.6. The average Bonchev–Trinajstić information content (AvgIpc) is 3.15. The first-order valence-electron chi connectivity index (χ1n) is 8.93. The lowest BCUT2D eigenvalue weighted by Crippen LogP contribution is -2.25. The Morgan fingerprint density at radius 2 is 1.68 bits per heavy atom. The summed E-state index contributed by atoms with van der Waals surface area (Å²) in [7, 11) is 1.85. The molecule has 28 heavy (non-hydrogen) atoms. The van der Waals surface area contributed by atoms with Crippen molar-refractivity contribution in [3.8, 4) is 22.5 Å². The molecule has 0 saturated carbocycles. The highest BCUT2D eigenvalue weighted by atomic mass is 16.1. The van der Waals surface area contributed by atoms with Crippen molar-refractivity contribution in [2.45, 2.75) is 6.54 Å². The number of hydrogen-bond donors (Lipinski definition) is 1. The van der Waals surface area contributed by atoms with Gasteiger partial charge in [-0.05, 0) is 18.2 Å². The Morgan fingerprint density at radius 3 is 2.39 bits per heavy atom. The second-order valence-electron chi connectivity index (χ2n) is 6.39. The summed E-state index contributed by atoms with van der Waals surface area (Å²) >= 11 is 0. The predicted molar refractivity (Wildman–Crippen MR) is 107 cm³/mol. The molecule has 0 fully saturated rings. The van der Waals surface area contributed by atoms with Crippen molar-refractivity contribution in [2.24, 2.45) is 7.05 Å². The van der Waals surface area contributed by atoms with E-state index in [2.05, 4.69) is 20.3 Å². The first-order chi connectivity index (χ1) is 13.7. The predicted octanol–water partition coefficient (Wildman–Crippen LogP) is 3.47. The number of aromatic nitrogens is 4. The minimum atomic E-state index is -0.152. The van der Waals surface area contributed by atoms with Crippen LogP contribution >= 0.6 is 0 Å². The fourth-order valence-corrected chi connectivity index (χ4v) is 2.93. The monoisotopic (exact) mass is 369 g/mol. The first-order valence-corrected chi connectivity index (χ1v) is 8.93. The van der Waals surface area contributed by atoms with E-state index in [0.29, 0.717) is 18.1 Å². The van der Waals surface area contributed by atoms with Crippen LogP contribution in [0, 0.1) is 0 Å². The average molecular weight is 369 g/mol. The normalized spacial score (nSPS) is 10.6. The van der Waals surface area contributed by atoms with E-state index < -0.39 is 0 Å². The van der Waals surface area contributed by atoms with Crippen LogP contribution in [0.3, 0.4) is 0 Å². The SMILES string of the molecule is Cn1cc(-c2cnc(-c3ccccc3)nc2)cc1C(=O)NCc1ccccn1. The maximum absolute atomic E-state index is 12.5. The molecule has 1 N–H and O–H groups in total. The summed E-state index contributed by atoms with van der Waals surface area (Å²) in [6, 6.07) is 17.3.